The topological polar surface area (TPSA) is 28.7 Å². The SMILES string of the molecule is Fc1ccc(/C(=C(\c2[c]cccc2)c2ccc3[nH]nc(F)c3c2)C2CCC2)c(Cl)c1. The fourth-order valence-electron chi connectivity index (χ4n) is 4.11. The van der Waals surface area contributed by atoms with Crippen LogP contribution in [0.25, 0.3) is 22.0 Å². The van der Waals surface area contributed by atoms with Gasteiger partial charge in [0, 0.05) is 0 Å². The minimum atomic E-state index is -0.534. The predicted octanol–water partition coefficient (Wildman–Crippen LogP) is 7.05. The molecule has 149 valence electrons. The van der Waals surface area contributed by atoms with E-state index in [4.69, 9.17) is 11.6 Å². The molecular formula is C25H18ClF2N2. The lowest BCUT2D eigenvalue weighted by Crippen LogP contribution is -2.15. The van der Waals surface area contributed by atoms with Crippen molar-refractivity contribution in [3.05, 3.63) is 100 Å². The van der Waals surface area contributed by atoms with Gasteiger partial charge in [-0.3, -0.25) is 5.10 Å². The van der Waals surface area contributed by atoms with Crippen molar-refractivity contribution in [2.45, 2.75) is 19.3 Å². The molecule has 1 N–H and O–H groups in total. The fraction of sp³-hybridized carbons (Fsp3) is 0.160. The average Bonchev–Trinajstić information content (AvgIpc) is 3.08. The van der Waals surface area contributed by atoms with Gasteiger partial charge in [-0.15, -0.1) is 5.10 Å². The summed E-state index contributed by atoms with van der Waals surface area (Å²) in [5.41, 5.74) is 5.18. The van der Waals surface area contributed by atoms with Crippen LogP contribution >= 0.6 is 11.6 Å². The van der Waals surface area contributed by atoms with Gasteiger partial charge in [-0.2, -0.15) is 4.39 Å². The number of nitrogens with zero attached hydrogens (tertiary/aromatic N) is 1. The summed E-state index contributed by atoms with van der Waals surface area (Å²) in [5, 5.41) is 7.19. The number of allylic oxidation sites excluding steroid dienone is 1. The summed E-state index contributed by atoms with van der Waals surface area (Å²) in [6.07, 6.45) is 3.19. The Morgan fingerprint density at radius 1 is 1.07 bits per heavy atom. The zero-order valence-corrected chi connectivity index (χ0v) is 16.8. The van der Waals surface area contributed by atoms with Gasteiger partial charge >= 0.3 is 0 Å². The molecule has 1 saturated carbocycles. The number of rotatable bonds is 4. The predicted molar refractivity (Wildman–Crippen MR) is 116 cm³/mol. The smallest absolute Gasteiger partial charge is 0.240 e. The van der Waals surface area contributed by atoms with Crippen LogP contribution < -0.4 is 0 Å². The van der Waals surface area contributed by atoms with E-state index in [1.54, 1.807) is 12.1 Å². The molecule has 0 saturated heterocycles. The van der Waals surface area contributed by atoms with Crippen LogP contribution in [0.4, 0.5) is 8.78 Å². The Hall–Kier alpha value is -2.98. The summed E-state index contributed by atoms with van der Waals surface area (Å²) in [6.45, 7) is 0. The molecule has 2 nitrogen and oxygen atoms in total. The zero-order valence-electron chi connectivity index (χ0n) is 16.1. The Labute approximate surface area is 178 Å². The molecule has 0 bridgehead atoms. The number of halogens is 3. The van der Waals surface area contributed by atoms with E-state index in [-0.39, 0.29) is 5.82 Å². The number of H-pyrrole nitrogens is 1. The largest absolute Gasteiger partial charge is 0.275 e. The number of nitrogens with one attached hydrogen (secondary N) is 1. The van der Waals surface area contributed by atoms with Crippen LogP contribution in [-0.2, 0) is 0 Å². The van der Waals surface area contributed by atoms with E-state index in [9.17, 15) is 8.78 Å². The molecule has 4 aromatic rings. The molecule has 1 aliphatic rings. The number of aromatic amines is 1. The summed E-state index contributed by atoms with van der Waals surface area (Å²) in [7, 11) is 0. The molecule has 1 radical (unpaired) electrons. The first-order valence-corrected chi connectivity index (χ1v) is 10.3. The zero-order chi connectivity index (χ0) is 20.7. The van der Waals surface area contributed by atoms with Crippen molar-refractivity contribution in [1.29, 1.82) is 0 Å². The van der Waals surface area contributed by atoms with Crippen LogP contribution in [0, 0.1) is 23.7 Å². The third-order valence-corrected chi connectivity index (χ3v) is 6.10. The molecule has 30 heavy (non-hydrogen) atoms. The summed E-state index contributed by atoms with van der Waals surface area (Å²) in [5.74, 6) is -0.610. The number of benzene rings is 3. The van der Waals surface area contributed by atoms with Gasteiger partial charge in [0.1, 0.15) is 5.82 Å². The van der Waals surface area contributed by atoms with Crippen molar-refractivity contribution in [3.8, 4) is 0 Å². The van der Waals surface area contributed by atoms with Gasteiger partial charge in [0.15, 0.2) is 0 Å². The maximum Gasteiger partial charge on any atom is 0.240 e. The summed E-state index contributed by atoms with van der Waals surface area (Å²) < 4.78 is 28.0. The summed E-state index contributed by atoms with van der Waals surface area (Å²) in [6, 6.07) is 21.1. The average molecular weight is 420 g/mol. The van der Waals surface area contributed by atoms with Crippen LogP contribution in [0.15, 0.2) is 60.7 Å². The molecular weight excluding hydrogens is 402 g/mol. The molecule has 1 heterocycles. The number of hydrogen-bond acceptors (Lipinski definition) is 1. The Bertz CT molecular complexity index is 1260. The molecule has 5 rings (SSSR count). The Kier molecular flexibility index (Phi) is 4.87. The van der Waals surface area contributed by atoms with Gasteiger partial charge in [0.2, 0.25) is 5.95 Å². The van der Waals surface area contributed by atoms with Gasteiger partial charge in [-0.05, 0) is 76.9 Å². The van der Waals surface area contributed by atoms with Gasteiger partial charge in [-0.1, -0.05) is 54.4 Å². The number of fused-ring (bicyclic) bond motifs is 1. The first-order valence-electron chi connectivity index (χ1n) is 9.92. The van der Waals surface area contributed by atoms with Gasteiger partial charge in [-0.25, -0.2) is 4.39 Å². The van der Waals surface area contributed by atoms with Crippen molar-refractivity contribution in [3.63, 3.8) is 0 Å². The molecule has 3 aromatic carbocycles. The monoisotopic (exact) mass is 419 g/mol. The standard InChI is InChI=1S/C25H18ClF2N2/c26-21-14-18(27)10-11-19(21)24(16-7-4-8-16)23(15-5-2-1-3-6-15)17-9-12-22-20(13-17)25(28)30-29-22/h1-3,5,9-14,16H,4,7-8H2,(H,29,30)/b24-23+. The van der Waals surface area contributed by atoms with E-state index in [1.807, 2.05) is 36.4 Å². The van der Waals surface area contributed by atoms with Gasteiger partial charge in [0.25, 0.3) is 0 Å². The van der Waals surface area contributed by atoms with Crippen LogP contribution in [-0.4, -0.2) is 10.2 Å². The van der Waals surface area contributed by atoms with E-state index in [0.717, 1.165) is 47.1 Å². The van der Waals surface area contributed by atoms with E-state index in [1.165, 1.54) is 12.1 Å². The lowest BCUT2D eigenvalue weighted by molar-refractivity contribution is 0.401. The van der Waals surface area contributed by atoms with Crippen LogP contribution in [0.5, 0.6) is 0 Å². The normalized spacial score (nSPS) is 15.2. The second-order valence-corrected chi connectivity index (χ2v) is 8.00. The highest BCUT2D eigenvalue weighted by Crippen LogP contribution is 2.46. The van der Waals surface area contributed by atoms with Crippen molar-refractivity contribution < 1.29 is 8.78 Å². The molecule has 0 atom stereocenters. The Balaban J connectivity index is 1.84. The third kappa shape index (κ3) is 3.31. The lowest BCUT2D eigenvalue weighted by atomic mass is 9.73. The molecule has 1 aromatic heterocycles. The highest BCUT2D eigenvalue weighted by atomic mass is 35.5. The van der Waals surface area contributed by atoms with Crippen molar-refractivity contribution in [1.82, 2.24) is 10.2 Å². The van der Waals surface area contributed by atoms with Gasteiger partial charge in [0.05, 0.1) is 15.9 Å². The van der Waals surface area contributed by atoms with Crippen LogP contribution in [0.1, 0.15) is 36.0 Å². The first kappa shape index (κ1) is 19.0. The highest BCUT2D eigenvalue weighted by Gasteiger charge is 2.28. The third-order valence-electron chi connectivity index (χ3n) is 5.79. The van der Waals surface area contributed by atoms with Crippen LogP contribution in [0.2, 0.25) is 5.02 Å². The molecule has 0 amide bonds. The van der Waals surface area contributed by atoms with E-state index >= 15 is 0 Å². The quantitative estimate of drug-likeness (QED) is 0.352. The minimum Gasteiger partial charge on any atom is -0.275 e. The maximum atomic E-state index is 14.2. The molecule has 0 unspecified atom stereocenters. The molecule has 1 aliphatic carbocycles. The van der Waals surface area contributed by atoms with Crippen LogP contribution in [0.3, 0.4) is 0 Å². The maximum absolute atomic E-state index is 14.2. The van der Waals surface area contributed by atoms with Crippen molar-refractivity contribution in [2.75, 3.05) is 0 Å². The van der Waals surface area contributed by atoms with E-state index in [2.05, 4.69) is 16.3 Å². The van der Waals surface area contributed by atoms with Crippen molar-refractivity contribution in [2.24, 2.45) is 5.92 Å². The van der Waals surface area contributed by atoms with Gasteiger partial charge < -0.3 is 0 Å². The molecule has 5 heteroatoms. The van der Waals surface area contributed by atoms with E-state index < -0.39 is 5.95 Å². The van der Waals surface area contributed by atoms with E-state index in [0.29, 0.717) is 21.8 Å². The molecule has 0 spiro atoms. The number of hydrogen-bond donors (Lipinski definition) is 1. The lowest BCUT2D eigenvalue weighted by Gasteiger charge is -2.32. The fourth-order valence-corrected chi connectivity index (χ4v) is 4.37. The summed E-state index contributed by atoms with van der Waals surface area (Å²) in [4.78, 5) is 0. The molecule has 0 aliphatic heterocycles. The second-order valence-electron chi connectivity index (χ2n) is 7.59. The summed E-state index contributed by atoms with van der Waals surface area (Å²) >= 11 is 6.51. The number of aromatic nitrogens is 2. The minimum absolute atomic E-state index is 0.293. The highest BCUT2D eigenvalue weighted by molar-refractivity contribution is 6.32. The molecule has 1 fully saturated rings. The second kappa shape index (κ2) is 7.69. The van der Waals surface area contributed by atoms with Crippen molar-refractivity contribution >= 4 is 33.7 Å². The Morgan fingerprint density at radius 3 is 2.63 bits per heavy atom. The Morgan fingerprint density at radius 2 is 1.93 bits per heavy atom. The first-order chi connectivity index (χ1) is 14.6.